The number of rotatable bonds is 5. The number of anilines is 1. The van der Waals surface area contributed by atoms with E-state index in [4.69, 9.17) is 0 Å². The van der Waals surface area contributed by atoms with E-state index in [2.05, 4.69) is 45.8 Å². The molecule has 138 valence electrons. The van der Waals surface area contributed by atoms with Gasteiger partial charge in [-0.25, -0.2) is 5.10 Å². The highest BCUT2D eigenvalue weighted by molar-refractivity contribution is 5.91. The number of aromatic nitrogens is 2. The molecule has 0 aliphatic rings. The van der Waals surface area contributed by atoms with Crippen molar-refractivity contribution in [2.45, 2.75) is 12.8 Å². The van der Waals surface area contributed by atoms with Crippen molar-refractivity contribution in [3.05, 3.63) is 94.8 Å². The minimum Gasteiger partial charge on any atom is -0.326 e. The van der Waals surface area contributed by atoms with Crippen LogP contribution in [0.2, 0.25) is 0 Å². The number of amides is 1. The van der Waals surface area contributed by atoms with E-state index in [1.165, 1.54) is 16.8 Å². The SMILES string of the molecule is O=C(CCc1ccc2ccccc2c1)Nc1cccc(-c2ccc(=O)[nH]n2)c1. The Morgan fingerprint density at radius 1 is 0.893 bits per heavy atom. The first-order valence-electron chi connectivity index (χ1n) is 9.11. The molecule has 0 aliphatic heterocycles. The third-order valence-corrected chi connectivity index (χ3v) is 4.58. The minimum atomic E-state index is -0.248. The van der Waals surface area contributed by atoms with E-state index in [0.29, 0.717) is 24.2 Å². The minimum absolute atomic E-state index is 0.0419. The molecule has 0 radical (unpaired) electrons. The number of hydrogen-bond donors (Lipinski definition) is 2. The summed E-state index contributed by atoms with van der Waals surface area (Å²) < 4.78 is 0. The second-order valence-corrected chi connectivity index (χ2v) is 6.62. The molecule has 2 N–H and O–H groups in total. The largest absolute Gasteiger partial charge is 0.326 e. The van der Waals surface area contributed by atoms with Gasteiger partial charge >= 0.3 is 0 Å². The van der Waals surface area contributed by atoms with E-state index >= 15 is 0 Å². The molecule has 4 aromatic rings. The summed E-state index contributed by atoms with van der Waals surface area (Å²) in [6.45, 7) is 0. The van der Waals surface area contributed by atoms with Gasteiger partial charge in [0.2, 0.25) is 5.91 Å². The molecule has 0 saturated heterocycles. The van der Waals surface area contributed by atoms with Crippen LogP contribution in [0.25, 0.3) is 22.0 Å². The van der Waals surface area contributed by atoms with Crippen molar-refractivity contribution < 1.29 is 4.79 Å². The summed E-state index contributed by atoms with van der Waals surface area (Å²) in [7, 11) is 0. The van der Waals surface area contributed by atoms with Gasteiger partial charge in [0.05, 0.1) is 5.69 Å². The molecule has 0 saturated carbocycles. The zero-order chi connectivity index (χ0) is 19.3. The molecule has 0 bridgehead atoms. The number of fused-ring (bicyclic) bond motifs is 1. The quantitative estimate of drug-likeness (QED) is 0.555. The van der Waals surface area contributed by atoms with E-state index in [-0.39, 0.29) is 11.5 Å². The van der Waals surface area contributed by atoms with E-state index < -0.39 is 0 Å². The predicted molar refractivity (Wildman–Crippen MR) is 111 cm³/mol. The zero-order valence-electron chi connectivity index (χ0n) is 15.2. The van der Waals surface area contributed by atoms with Crippen LogP contribution in [-0.2, 0) is 11.2 Å². The number of nitrogens with zero attached hydrogens (tertiary/aromatic N) is 1. The number of H-pyrrole nitrogens is 1. The Hall–Kier alpha value is -3.73. The Balaban J connectivity index is 1.41. The lowest BCUT2D eigenvalue weighted by molar-refractivity contribution is -0.116. The highest BCUT2D eigenvalue weighted by Gasteiger charge is 2.06. The summed E-state index contributed by atoms with van der Waals surface area (Å²) in [4.78, 5) is 23.5. The molecule has 0 fully saturated rings. The molecule has 0 spiro atoms. The molecule has 5 nitrogen and oxygen atoms in total. The highest BCUT2D eigenvalue weighted by atomic mass is 16.1. The van der Waals surface area contributed by atoms with Crippen molar-refractivity contribution in [2.75, 3.05) is 5.32 Å². The monoisotopic (exact) mass is 369 g/mol. The lowest BCUT2D eigenvalue weighted by atomic mass is 10.0. The molecule has 1 aromatic heterocycles. The standard InChI is InChI=1S/C23H19N3O2/c27-22(12-9-16-8-10-17-4-1-2-5-18(17)14-16)24-20-7-3-6-19(15-20)21-11-13-23(28)26-25-21/h1-8,10-11,13-15H,9,12H2,(H,24,27)(H,26,28). The summed E-state index contributed by atoms with van der Waals surface area (Å²) in [6.07, 6.45) is 1.08. The van der Waals surface area contributed by atoms with Gasteiger partial charge in [-0.3, -0.25) is 9.59 Å². The molecule has 0 atom stereocenters. The first-order chi connectivity index (χ1) is 13.7. The highest BCUT2D eigenvalue weighted by Crippen LogP contribution is 2.20. The van der Waals surface area contributed by atoms with Gasteiger partial charge in [-0.05, 0) is 41.0 Å². The fourth-order valence-corrected chi connectivity index (χ4v) is 3.14. The summed E-state index contributed by atoms with van der Waals surface area (Å²) in [5.74, 6) is -0.0419. The van der Waals surface area contributed by atoms with Gasteiger partial charge in [0.25, 0.3) is 5.56 Å². The van der Waals surface area contributed by atoms with Crippen LogP contribution in [0.15, 0.2) is 83.7 Å². The maximum absolute atomic E-state index is 12.4. The summed E-state index contributed by atoms with van der Waals surface area (Å²) >= 11 is 0. The van der Waals surface area contributed by atoms with Crippen LogP contribution >= 0.6 is 0 Å². The molecule has 28 heavy (non-hydrogen) atoms. The molecular weight excluding hydrogens is 350 g/mol. The van der Waals surface area contributed by atoms with E-state index in [0.717, 1.165) is 11.1 Å². The molecule has 3 aromatic carbocycles. The number of aryl methyl sites for hydroxylation is 1. The first-order valence-corrected chi connectivity index (χ1v) is 9.11. The molecule has 0 unspecified atom stereocenters. The van der Waals surface area contributed by atoms with Gasteiger partial charge in [0.15, 0.2) is 0 Å². The Bertz CT molecular complexity index is 1180. The van der Waals surface area contributed by atoms with Gasteiger partial charge in [-0.1, -0.05) is 54.6 Å². The summed E-state index contributed by atoms with van der Waals surface area (Å²) in [5.41, 5.74) is 3.06. The average Bonchev–Trinajstić information content (AvgIpc) is 2.73. The Morgan fingerprint density at radius 3 is 2.57 bits per heavy atom. The molecule has 5 heteroatoms. The third kappa shape index (κ3) is 4.15. The average molecular weight is 369 g/mol. The van der Waals surface area contributed by atoms with Crippen molar-refractivity contribution in [3.8, 4) is 11.3 Å². The van der Waals surface area contributed by atoms with E-state index in [1.807, 2.05) is 36.4 Å². The van der Waals surface area contributed by atoms with Crippen LogP contribution in [0.4, 0.5) is 5.69 Å². The number of benzene rings is 3. The van der Waals surface area contributed by atoms with Crippen LogP contribution in [0.5, 0.6) is 0 Å². The first kappa shape index (κ1) is 17.7. The van der Waals surface area contributed by atoms with Crippen molar-refractivity contribution in [3.63, 3.8) is 0 Å². The fourth-order valence-electron chi connectivity index (χ4n) is 3.14. The van der Waals surface area contributed by atoms with Crippen molar-refractivity contribution in [1.82, 2.24) is 10.2 Å². The lowest BCUT2D eigenvalue weighted by Crippen LogP contribution is -2.12. The third-order valence-electron chi connectivity index (χ3n) is 4.58. The van der Waals surface area contributed by atoms with Crippen LogP contribution in [0.3, 0.4) is 0 Å². The number of nitrogens with one attached hydrogen (secondary N) is 2. The molecule has 4 rings (SSSR count). The van der Waals surface area contributed by atoms with Crippen LogP contribution in [-0.4, -0.2) is 16.1 Å². The molecule has 0 aliphatic carbocycles. The van der Waals surface area contributed by atoms with Crippen LogP contribution in [0.1, 0.15) is 12.0 Å². The van der Waals surface area contributed by atoms with Gasteiger partial charge in [0, 0.05) is 23.7 Å². The topological polar surface area (TPSA) is 74.8 Å². The van der Waals surface area contributed by atoms with Gasteiger partial charge in [-0.15, -0.1) is 0 Å². The molecule has 1 amide bonds. The number of carbonyl (C=O) groups is 1. The van der Waals surface area contributed by atoms with Crippen molar-refractivity contribution >= 4 is 22.4 Å². The number of carbonyl (C=O) groups excluding carboxylic acids is 1. The summed E-state index contributed by atoms with van der Waals surface area (Å²) in [6, 6.07) is 25.0. The maximum atomic E-state index is 12.4. The van der Waals surface area contributed by atoms with Crippen LogP contribution in [0, 0.1) is 0 Å². The molecule has 1 heterocycles. The lowest BCUT2D eigenvalue weighted by Gasteiger charge is -2.08. The zero-order valence-corrected chi connectivity index (χ0v) is 15.2. The number of hydrogen-bond acceptors (Lipinski definition) is 3. The van der Waals surface area contributed by atoms with E-state index in [9.17, 15) is 9.59 Å². The fraction of sp³-hybridized carbons (Fsp3) is 0.0870. The second-order valence-electron chi connectivity index (χ2n) is 6.62. The normalized spacial score (nSPS) is 10.7. The summed E-state index contributed by atoms with van der Waals surface area (Å²) in [5, 5.41) is 11.7. The Kier molecular flexibility index (Phi) is 4.97. The Morgan fingerprint density at radius 2 is 1.75 bits per heavy atom. The smallest absolute Gasteiger partial charge is 0.264 e. The predicted octanol–water partition coefficient (Wildman–Crippen LogP) is 4.16. The van der Waals surface area contributed by atoms with Gasteiger partial charge < -0.3 is 5.32 Å². The van der Waals surface area contributed by atoms with Crippen LogP contribution < -0.4 is 10.9 Å². The molecular formula is C23H19N3O2. The number of aromatic amines is 1. The Labute approximate surface area is 162 Å². The van der Waals surface area contributed by atoms with Crippen molar-refractivity contribution in [1.29, 1.82) is 0 Å². The maximum Gasteiger partial charge on any atom is 0.264 e. The van der Waals surface area contributed by atoms with E-state index in [1.54, 1.807) is 6.07 Å². The van der Waals surface area contributed by atoms with Gasteiger partial charge in [-0.2, -0.15) is 5.10 Å². The second kappa shape index (κ2) is 7.88. The van der Waals surface area contributed by atoms with Crippen molar-refractivity contribution in [2.24, 2.45) is 0 Å². The van der Waals surface area contributed by atoms with Gasteiger partial charge in [0.1, 0.15) is 0 Å².